The zero-order valence-corrected chi connectivity index (χ0v) is 8.30. The maximum atomic E-state index is 11.3. The lowest BCUT2D eigenvalue weighted by atomic mass is 10.4. The van der Waals surface area contributed by atoms with Crippen molar-refractivity contribution in [2.45, 2.75) is 6.92 Å². The molecule has 2 rings (SSSR count). The summed E-state index contributed by atoms with van der Waals surface area (Å²) in [6.45, 7) is 2.47. The van der Waals surface area contributed by atoms with Gasteiger partial charge in [-0.05, 0) is 13.0 Å². The highest BCUT2D eigenvalue weighted by Crippen LogP contribution is 2.09. The van der Waals surface area contributed by atoms with E-state index in [2.05, 4.69) is 9.97 Å². The summed E-state index contributed by atoms with van der Waals surface area (Å²) in [5, 5.41) is 0. The van der Waals surface area contributed by atoms with Gasteiger partial charge in [-0.15, -0.1) is 0 Å². The number of pyridine rings is 1. The first-order valence-electron chi connectivity index (χ1n) is 4.66. The Morgan fingerprint density at radius 3 is 2.93 bits per heavy atom. The van der Waals surface area contributed by atoms with E-state index in [1.165, 1.54) is 4.57 Å². The van der Waals surface area contributed by atoms with Crippen LogP contribution in [0.15, 0.2) is 35.5 Å². The summed E-state index contributed by atoms with van der Waals surface area (Å²) in [4.78, 5) is 17.9. The maximum absolute atomic E-state index is 11.3. The Balaban J connectivity index is 2.32. The van der Waals surface area contributed by atoms with Crippen LogP contribution in [0.5, 0.6) is 5.88 Å². The molecule has 0 aromatic carbocycles. The maximum Gasteiger partial charge on any atom is 0.330 e. The van der Waals surface area contributed by atoms with Crippen molar-refractivity contribution in [1.82, 2.24) is 14.5 Å². The molecule has 0 bridgehead atoms. The molecule has 0 unspecified atom stereocenters. The average molecular weight is 205 g/mol. The first-order valence-corrected chi connectivity index (χ1v) is 4.66. The van der Waals surface area contributed by atoms with Crippen molar-refractivity contribution in [3.8, 4) is 11.6 Å². The normalized spacial score (nSPS) is 10.2. The molecular weight excluding hydrogens is 194 g/mol. The zero-order valence-electron chi connectivity index (χ0n) is 8.30. The summed E-state index contributed by atoms with van der Waals surface area (Å²) < 4.78 is 6.68. The second kappa shape index (κ2) is 4.00. The Kier molecular flexibility index (Phi) is 2.53. The highest BCUT2D eigenvalue weighted by molar-refractivity contribution is 5.31. The molecule has 0 aliphatic rings. The van der Waals surface area contributed by atoms with Crippen molar-refractivity contribution in [2.75, 3.05) is 6.61 Å². The lowest BCUT2D eigenvalue weighted by Crippen LogP contribution is -2.14. The molecule has 5 nitrogen and oxygen atoms in total. The van der Waals surface area contributed by atoms with Crippen LogP contribution in [-0.4, -0.2) is 21.1 Å². The number of rotatable bonds is 3. The number of H-pyrrole nitrogens is 1. The molecule has 78 valence electrons. The van der Waals surface area contributed by atoms with Gasteiger partial charge in [0.1, 0.15) is 0 Å². The topological polar surface area (TPSA) is 59.9 Å². The lowest BCUT2D eigenvalue weighted by Gasteiger charge is -2.03. The average Bonchev–Trinajstić information content (AvgIpc) is 2.66. The van der Waals surface area contributed by atoms with Gasteiger partial charge in [-0.3, -0.25) is 4.57 Å². The second-order valence-electron chi connectivity index (χ2n) is 2.92. The zero-order chi connectivity index (χ0) is 10.7. The molecule has 0 spiro atoms. The number of ether oxygens (including phenoxy) is 1. The predicted octanol–water partition coefficient (Wildman–Crippen LogP) is 0.959. The molecule has 0 saturated heterocycles. The minimum atomic E-state index is -0.180. The third-order valence-corrected chi connectivity index (χ3v) is 1.94. The molecular formula is C10H11N3O2. The number of hydrogen-bond donors (Lipinski definition) is 1. The molecule has 0 atom stereocenters. The van der Waals surface area contributed by atoms with E-state index < -0.39 is 0 Å². The number of aromatic amines is 1. The molecule has 0 fully saturated rings. The predicted molar refractivity (Wildman–Crippen MR) is 55.4 cm³/mol. The smallest absolute Gasteiger partial charge is 0.330 e. The van der Waals surface area contributed by atoms with E-state index >= 15 is 0 Å². The Hall–Kier alpha value is -2.04. The molecule has 2 aromatic rings. The molecule has 0 saturated carbocycles. The van der Waals surface area contributed by atoms with Crippen molar-refractivity contribution >= 4 is 0 Å². The molecule has 0 aliphatic heterocycles. The summed E-state index contributed by atoms with van der Waals surface area (Å²) in [5.41, 5.74) is 0.533. The van der Waals surface area contributed by atoms with E-state index in [0.717, 1.165) is 0 Å². The van der Waals surface area contributed by atoms with E-state index in [0.29, 0.717) is 18.2 Å². The summed E-state index contributed by atoms with van der Waals surface area (Å²) in [6.07, 6.45) is 4.83. The molecule has 0 amide bonds. The molecule has 2 heterocycles. The number of aromatic nitrogens is 3. The molecule has 0 aliphatic carbocycles. The van der Waals surface area contributed by atoms with Gasteiger partial charge in [0.2, 0.25) is 5.88 Å². The van der Waals surface area contributed by atoms with E-state index in [9.17, 15) is 4.79 Å². The van der Waals surface area contributed by atoms with Crippen LogP contribution in [0.1, 0.15) is 6.92 Å². The fourth-order valence-corrected chi connectivity index (χ4v) is 1.27. The van der Waals surface area contributed by atoms with Gasteiger partial charge in [0.05, 0.1) is 18.5 Å². The fourth-order valence-electron chi connectivity index (χ4n) is 1.27. The highest BCUT2D eigenvalue weighted by atomic mass is 16.5. The minimum Gasteiger partial charge on any atom is -0.478 e. The van der Waals surface area contributed by atoms with Crippen LogP contribution in [0.4, 0.5) is 0 Å². The first-order chi connectivity index (χ1) is 7.31. The van der Waals surface area contributed by atoms with Gasteiger partial charge < -0.3 is 9.72 Å². The lowest BCUT2D eigenvalue weighted by molar-refractivity contribution is 0.327. The SMILES string of the molecule is CCOc1ccc(-n2cc[nH]c2=O)cn1. The Bertz CT molecular complexity index is 484. The highest BCUT2D eigenvalue weighted by Gasteiger charge is 2.00. The van der Waals surface area contributed by atoms with Crippen LogP contribution < -0.4 is 10.4 Å². The van der Waals surface area contributed by atoms with E-state index in [1.807, 2.05) is 6.92 Å². The number of nitrogens with one attached hydrogen (secondary N) is 1. The summed E-state index contributed by atoms with van der Waals surface area (Å²) in [6, 6.07) is 3.52. The summed E-state index contributed by atoms with van der Waals surface area (Å²) in [7, 11) is 0. The molecule has 1 N–H and O–H groups in total. The number of nitrogens with zero attached hydrogens (tertiary/aromatic N) is 2. The van der Waals surface area contributed by atoms with Gasteiger partial charge in [-0.25, -0.2) is 9.78 Å². The third kappa shape index (κ3) is 1.90. The van der Waals surface area contributed by atoms with Crippen molar-refractivity contribution in [3.63, 3.8) is 0 Å². The van der Waals surface area contributed by atoms with Gasteiger partial charge in [-0.1, -0.05) is 0 Å². The molecule has 15 heavy (non-hydrogen) atoms. The Labute approximate surface area is 86.4 Å². The second-order valence-corrected chi connectivity index (χ2v) is 2.92. The fraction of sp³-hybridized carbons (Fsp3) is 0.200. The van der Waals surface area contributed by atoms with Crippen LogP contribution in [0.2, 0.25) is 0 Å². The largest absolute Gasteiger partial charge is 0.478 e. The number of imidazole rings is 1. The van der Waals surface area contributed by atoms with Crippen LogP contribution in [0, 0.1) is 0 Å². The Morgan fingerprint density at radius 2 is 2.40 bits per heavy atom. The van der Waals surface area contributed by atoms with Crippen LogP contribution in [-0.2, 0) is 0 Å². The van der Waals surface area contributed by atoms with Crippen molar-refractivity contribution in [1.29, 1.82) is 0 Å². The summed E-state index contributed by atoms with van der Waals surface area (Å²) in [5.74, 6) is 0.560. The molecule has 0 radical (unpaired) electrons. The van der Waals surface area contributed by atoms with Gasteiger partial charge in [-0.2, -0.15) is 0 Å². The van der Waals surface area contributed by atoms with Gasteiger partial charge >= 0.3 is 5.69 Å². The van der Waals surface area contributed by atoms with Crippen molar-refractivity contribution in [3.05, 3.63) is 41.2 Å². The van der Waals surface area contributed by atoms with Gasteiger partial charge in [0, 0.05) is 18.5 Å². The molecule has 2 aromatic heterocycles. The van der Waals surface area contributed by atoms with Crippen LogP contribution >= 0.6 is 0 Å². The van der Waals surface area contributed by atoms with Crippen molar-refractivity contribution < 1.29 is 4.74 Å². The minimum absolute atomic E-state index is 0.180. The molecule has 5 heteroatoms. The third-order valence-electron chi connectivity index (χ3n) is 1.94. The van der Waals surface area contributed by atoms with Crippen molar-refractivity contribution in [2.24, 2.45) is 0 Å². The van der Waals surface area contributed by atoms with Gasteiger partial charge in [0.15, 0.2) is 0 Å². The number of hydrogen-bond acceptors (Lipinski definition) is 3. The Morgan fingerprint density at radius 1 is 1.53 bits per heavy atom. The van der Waals surface area contributed by atoms with Crippen LogP contribution in [0.25, 0.3) is 5.69 Å². The van der Waals surface area contributed by atoms with E-state index in [4.69, 9.17) is 4.74 Å². The van der Waals surface area contributed by atoms with Crippen LogP contribution in [0.3, 0.4) is 0 Å². The van der Waals surface area contributed by atoms with Gasteiger partial charge in [0.25, 0.3) is 0 Å². The quantitative estimate of drug-likeness (QED) is 0.811. The van der Waals surface area contributed by atoms with E-state index in [-0.39, 0.29) is 5.69 Å². The standard InChI is InChI=1S/C10H11N3O2/c1-2-15-9-4-3-8(7-12-9)13-6-5-11-10(13)14/h3-7H,2H2,1H3,(H,11,14). The summed E-state index contributed by atoms with van der Waals surface area (Å²) >= 11 is 0. The monoisotopic (exact) mass is 205 g/mol. The van der Waals surface area contributed by atoms with E-state index in [1.54, 1.807) is 30.7 Å². The first kappa shape index (κ1) is 9.51.